The number of hydrogen-bond donors (Lipinski definition) is 0. The Labute approximate surface area is 128 Å². The van der Waals surface area contributed by atoms with Crippen molar-refractivity contribution in [3.63, 3.8) is 0 Å². The Balaban J connectivity index is 2.16. The van der Waals surface area contributed by atoms with Gasteiger partial charge in [0.05, 0.1) is 0 Å². The Hall–Kier alpha value is -1.40. The topological polar surface area (TPSA) is 64.8 Å². The largest absolute Gasteiger partial charge is 0.296 e. The third-order valence-corrected chi connectivity index (χ3v) is 4.83. The summed E-state index contributed by atoms with van der Waals surface area (Å²) in [5, 5.41) is 7.76. The summed E-state index contributed by atoms with van der Waals surface area (Å²) in [5.74, 6) is 0.723. The molecule has 1 aromatic heterocycles. The van der Waals surface area contributed by atoms with E-state index in [-0.39, 0.29) is 11.1 Å². The lowest BCUT2D eigenvalue weighted by atomic mass is 9.77. The first kappa shape index (κ1) is 14.5. The zero-order valence-electron chi connectivity index (χ0n) is 12.0. The van der Waals surface area contributed by atoms with E-state index in [1.54, 1.807) is 4.57 Å². The van der Waals surface area contributed by atoms with E-state index in [2.05, 4.69) is 16.3 Å². The molecule has 0 saturated heterocycles. The van der Waals surface area contributed by atoms with Crippen LogP contribution in [0.4, 0.5) is 0 Å². The van der Waals surface area contributed by atoms with E-state index in [9.17, 15) is 8.42 Å². The number of rotatable bonds is 2. The molecule has 5 nitrogen and oxygen atoms in total. The van der Waals surface area contributed by atoms with Gasteiger partial charge in [0, 0.05) is 22.1 Å². The second-order valence-electron chi connectivity index (χ2n) is 6.24. The molecule has 112 valence electrons. The molecule has 1 aliphatic carbocycles. The zero-order chi connectivity index (χ0) is 15.4. The highest BCUT2D eigenvalue weighted by Gasteiger charge is 2.37. The van der Waals surface area contributed by atoms with Crippen LogP contribution in [0.3, 0.4) is 0 Å². The van der Waals surface area contributed by atoms with Crippen LogP contribution in [0.25, 0.3) is 0 Å². The molecule has 21 heavy (non-hydrogen) atoms. The Kier molecular flexibility index (Phi) is 3.15. The van der Waals surface area contributed by atoms with E-state index in [0.29, 0.717) is 5.82 Å². The molecule has 3 rings (SSSR count). The summed E-state index contributed by atoms with van der Waals surface area (Å²) in [7, 11) is 1.57. The van der Waals surface area contributed by atoms with Gasteiger partial charge in [0.2, 0.25) is 0 Å². The van der Waals surface area contributed by atoms with Crippen LogP contribution in [0.5, 0.6) is 0 Å². The molecule has 1 atom stereocenters. The average molecular weight is 326 g/mol. The molecule has 1 heterocycles. The van der Waals surface area contributed by atoms with Crippen molar-refractivity contribution in [3.05, 3.63) is 41.2 Å². The highest BCUT2D eigenvalue weighted by atomic mass is 35.7. The monoisotopic (exact) mass is 325 g/mol. The predicted octanol–water partition coefficient (Wildman–Crippen LogP) is 2.65. The number of fused-ring (bicyclic) bond motifs is 1. The van der Waals surface area contributed by atoms with Crippen LogP contribution >= 0.6 is 10.7 Å². The molecule has 7 heteroatoms. The summed E-state index contributed by atoms with van der Waals surface area (Å²) < 4.78 is 25.1. The van der Waals surface area contributed by atoms with Gasteiger partial charge < -0.3 is 0 Å². The van der Waals surface area contributed by atoms with Gasteiger partial charge in [-0.3, -0.25) is 4.57 Å². The van der Waals surface area contributed by atoms with Crippen molar-refractivity contribution in [3.8, 4) is 0 Å². The minimum Gasteiger partial charge on any atom is -0.295 e. The lowest BCUT2D eigenvalue weighted by Gasteiger charge is -2.33. The van der Waals surface area contributed by atoms with E-state index in [1.165, 1.54) is 11.1 Å². The van der Waals surface area contributed by atoms with E-state index >= 15 is 0 Å². The smallest absolute Gasteiger partial charge is 0.295 e. The van der Waals surface area contributed by atoms with Gasteiger partial charge in [-0.15, -0.1) is 10.2 Å². The highest BCUT2D eigenvalue weighted by molar-refractivity contribution is 8.13. The summed E-state index contributed by atoms with van der Waals surface area (Å²) in [6, 6.07) is 8.09. The van der Waals surface area contributed by atoms with Crippen LogP contribution in [-0.2, 0) is 21.0 Å². The first-order valence-electron chi connectivity index (χ1n) is 6.68. The molecule has 0 radical (unpaired) electrons. The standard InChI is InChI=1S/C14H16ClN3O2S/c1-14(2,3)18-12(16-17-13(18)21(15,19)20)11-8-9-6-4-5-7-10(9)11/h4-7,11H,8H2,1-3H3. The maximum atomic E-state index is 11.7. The molecule has 1 unspecified atom stereocenters. The normalized spacial score (nSPS) is 18.2. The fourth-order valence-corrected chi connectivity index (χ4v) is 3.81. The lowest BCUT2D eigenvalue weighted by molar-refractivity contribution is 0.343. The molecule has 0 saturated carbocycles. The first-order chi connectivity index (χ1) is 9.69. The molecule has 0 spiro atoms. The van der Waals surface area contributed by atoms with Crippen LogP contribution in [0.15, 0.2) is 29.4 Å². The van der Waals surface area contributed by atoms with E-state index in [0.717, 1.165) is 6.42 Å². The molecule has 0 aliphatic heterocycles. The minimum absolute atomic E-state index is 0.0695. The Morgan fingerprint density at radius 2 is 1.90 bits per heavy atom. The second-order valence-corrected chi connectivity index (χ2v) is 8.70. The van der Waals surface area contributed by atoms with Crippen molar-refractivity contribution < 1.29 is 8.42 Å². The molecule has 0 fully saturated rings. The summed E-state index contributed by atoms with van der Waals surface area (Å²) in [6.45, 7) is 5.74. The molecule has 2 aromatic rings. The van der Waals surface area contributed by atoms with Crippen LogP contribution in [0.2, 0.25) is 0 Å². The first-order valence-corrected chi connectivity index (χ1v) is 8.99. The van der Waals surface area contributed by atoms with Crippen LogP contribution < -0.4 is 0 Å². The van der Waals surface area contributed by atoms with Gasteiger partial charge in [-0.2, -0.15) is 0 Å². The molecule has 0 N–H and O–H groups in total. The summed E-state index contributed by atoms with van der Waals surface area (Å²) in [4.78, 5) is 0. The van der Waals surface area contributed by atoms with Crippen LogP contribution in [0, 0.1) is 0 Å². The van der Waals surface area contributed by atoms with Gasteiger partial charge in [-0.05, 0) is 38.3 Å². The lowest BCUT2D eigenvalue weighted by Crippen LogP contribution is -2.31. The number of hydrogen-bond acceptors (Lipinski definition) is 4. The SMILES string of the molecule is CC(C)(C)n1c(C2Cc3ccccc32)nnc1S(=O)(=O)Cl. The van der Waals surface area contributed by atoms with Crippen molar-refractivity contribution in [2.24, 2.45) is 0 Å². The number of aromatic nitrogens is 3. The average Bonchev–Trinajstić information content (AvgIpc) is 2.74. The second kappa shape index (κ2) is 4.55. The molecular weight excluding hydrogens is 310 g/mol. The van der Waals surface area contributed by atoms with Crippen LogP contribution in [0.1, 0.15) is 43.6 Å². The molecule has 1 aromatic carbocycles. The van der Waals surface area contributed by atoms with E-state index < -0.39 is 14.6 Å². The van der Waals surface area contributed by atoms with Gasteiger partial charge in [-0.1, -0.05) is 24.3 Å². The van der Waals surface area contributed by atoms with Crippen molar-refractivity contribution in [2.45, 2.75) is 43.8 Å². The minimum atomic E-state index is -3.93. The van der Waals surface area contributed by atoms with Crippen molar-refractivity contribution in [1.29, 1.82) is 0 Å². The van der Waals surface area contributed by atoms with Gasteiger partial charge in [-0.25, -0.2) is 8.42 Å². The fraction of sp³-hybridized carbons (Fsp3) is 0.429. The third-order valence-electron chi connectivity index (χ3n) is 3.71. The molecular formula is C14H16ClN3O2S. The summed E-state index contributed by atoms with van der Waals surface area (Å²) in [6.07, 6.45) is 0.840. The number of halogens is 1. The quantitative estimate of drug-likeness (QED) is 0.796. The summed E-state index contributed by atoms with van der Waals surface area (Å²) >= 11 is 0. The number of nitrogens with zero attached hydrogens (tertiary/aromatic N) is 3. The Bertz CT molecular complexity index is 806. The van der Waals surface area contributed by atoms with Gasteiger partial charge >= 0.3 is 0 Å². The van der Waals surface area contributed by atoms with Gasteiger partial charge in [0.15, 0.2) is 0 Å². The fourth-order valence-electron chi connectivity index (χ4n) is 2.78. The van der Waals surface area contributed by atoms with E-state index in [4.69, 9.17) is 10.7 Å². The van der Waals surface area contributed by atoms with Crippen molar-refractivity contribution in [2.75, 3.05) is 0 Å². The van der Waals surface area contributed by atoms with Crippen molar-refractivity contribution in [1.82, 2.24) is 14.8 Å². The van der Waals surface area contributed by atoms with Crippen LogP contribution in [-0.4, -0.2) is 23.2 Å². The molecule has 0 amide bonds. The molecule has 0 bridgehead atoms. The third kappa shape index (κ3) is 2.36. The van der Waals surface area contributed by atoms with Gasteiger partial charge in [0.1, 0.15) is 5.82 Å². The Morgan fingerprint density at radius 1 is 1.24 bits per heavy atom. The van der Waals surface area contributed by atoms with Crippen molar-refractivity contribution >= 4 is 19.7 Å². The van der Waals surface area contributed by atoms with E-state index in [1.807, 2.05) is 39.0 Å². The maximum Gasteiger partial charge on any atom is 0.296 e. The zero-order valence-corrected chi connectivity index (χ0v) is 13.6. The predicted molar refractivity (Wildman–Crippen MR) is 80.0 cm³/mol. The highest BCUT2D eigenvalue weighted by Crippen LogP contribution is 2.41. The number of benzene rings is 1. The maximum absolute atomic E-state index is 11.7. The Morgan fingerprint density at radius 3 is 2.48 bits per heavy atom. The summed E-state index contributed by atoms with van der Waals surface area (Å²) in [5.41, 5.74) is 1.97. The van der Waals surface area contributed by atoms with Gasteiger partial charge in [0.25, 0.3) is 14.2 Å². The molecule has 1 aliphatic rings.